The highest BCUT2D eigenvalue weighted by molar-refractivity contribution is 14.1. The number of hydrogen-bond donors (Lipinski definition) is 0. The average molecular weight is 464 g/mol. The van der Waals surface area contributed by atoms with Crippen LogP contribution in [0, 0.1) is 0 Å². The maximum Gasteiger partial charge on any atom is 0.0701 e. The van der Waals surface area contributed by atoms with Gasteiger partial charge in [-0.15, -0.1) is 0 Å². The first-order valence-electron chi connectivity index (χ1n) is 8.52. The van der Waals surface area contributed by atoms with Gasteiger partial charge in [0.15, 0.2) is 0 Å². The Kier molecular flexibility index (Phi) is 23.9. The van der Waals surface area contributed by atoms with Crippen molar-refractivity contribution >= 4 is 22.6 Å². The van der Waals surface area contributed by atoms with Crippen molar-refractivity contribution in [2.75, 3.05) is 96.9 Å². The van der Waals surface area contributed by atoms with Gasteiger partial charge in [-0.05, 0) is 6.92 Å². The van der Waals surface area contributed by atoms with Crippen LogP contribution in [0.15, 0.2) is 0 Å². The lowest BCUT2D eigenvalue weighted by molar-refractivity contribution is -0.0196. The molecule has 0 aliphatic rings. The molecule has 0 unspecified atom stereocenters. The van der Waals surface area contributed by atoms with E-state index in [1.54, 1.807) is 0 Å². The minimum atomic E-state index is 0.562. The Morgan fingerprint density at radius 1 is 0.417 bits per heavy atom. The maximum atomic E-state index is 5.39. The summed E-state index contributed by atoms with van der Waals surface area (Å²) in [5.74, 6) is 0. The monoisotopic (exact) mass is 464 g/mol. The van der Waals surface area contributed by atoms with Gasteiger partial charge < -0.3 is 33.2 Å². The third-order valence-corrected chi connectivity index (χ3v) is 3.10. The molecule has 0 amide bonds. The van der Waals surface area contributed by atoms with E-state index in [9.17, 15) is 0 Å². The molecule has 0 aromatic rings. The van der Waals surface area contributed by atoms with Crippen LogP contribution in [-0.4, -0.2) is 96.9 Å². The predicted molar refractivity (Wildman–Crippen MR) is 100 cm³/mol. The Hall–Kier alpha value is 0.450. The lowest BCUT2D eigenvalue weighted by Crippen LogP contribution is -2.14. The number of halogens is 1. The Morgan fingerprint density at radius 3 is 0.917 bits per heavy atom. The Balaban J connectivity index is 2.93. The molecule has 8 heteroatoms. The van der Waals surface area contributed by atoms with Gasteiger partial charge in [-0.25, -0.2) is 0 Å². The molecule has 0 aromatic heterocycles. The molecule has 0 bridgehead atoms. The van der Waals surface area contributed by atoms with E-state index in [1.807, 2.05) is 6.92 Å². The summed E-state index contributed by atoms with van der Waals surface area (Å²) < 4.78 is 38.3. The van der Waals surface area contributed by atoms with Gasteiger partial charge in [-0.3, -0.25) is 0 Å². The van der Waals surface area contributed by atoms with E-state index >= 15 is 0 Å². The van der Waals surface area contributed by atoms with E-state index in [4.69, 9.17) is 33.2 Å². The second kappa shape index (κ2) is 23.4. The first-order chi connectivity index (χ1) is 11.9. The molecule has 0 heterocycles. The summed E-state index contributed by atoms with van der Waals surface area (Å²) in [6.45, 7) is 10.5. The van der Waals surface area contributed by atoms with Crippen molar-refractivity contribution in [2.24, 2.45) is 0 Å². The van der Waals surface area contributed by atoms with Gasteiger partial charge in [-0.1, -0.05) is 22.6 Å². The van der Waals surface area contributed by atoms with Crippen LogP contribution in [0.2, 0.25) is 0 Å². The second-order valence-corrected chi connectivity index (χ2v) is 5.64. The van der Waals surface area contributed by atoms with Crippen molar-refractivity contribution in [1.82, 2.24) is 0 Å². The van der Waals surface area contributed by atoms with Crippen LogP contribution >= 0.6 is 22.6 Å². The van der Waals surface area contributed by atoms with Crippen molar-refractivity contribution in [3.63, 3.8) is 0 Å². The fourth-order valence-corrected chi connectivity index (χ4v) is 1.83. The predicted octanol–water partition coefficient (Wildman–Crippen LogP) is 1.56. The Bertz CT molecular complexity index is 201. The van der Waals surface area contributed by atoms with Crippen LogP contribution in [0.1, 0.15) is 6.92 Å². The maximum absolute atomic E-state index is 5.39. The van der Waals surface area contributed by atoms with Gasteiger partial charge in [0.2, 0.25) is 0 Å². The third kappa shape index (κ3) is 22.4. The van der Waals surface area contributed by atoms with Crippen molar-refractivity contribution < 1.29 is 33.2 Å². The van der Waals surface area contributed by atoms with Gasteiger partial charge in [0.25, 0.3) is 0 Å². The van der Waals surface area contributed by atoms with E-state index in [2.05, 4.69) is 22.6 Å². The topological polar surface area (TPSA) is 64.6 Å². The van der Waals surface area contributed by atoms with Crippen LogP contribution in [0.5, 0.6) is 0 Å². The highest BCUT2D eigenvalue weighted by Gasteiger charge is 1.94. The largest absolute Gasteiger partial charge is 0.379 e. The summed E-state index contributed by atoms with van der Waals surface area (Å²) in [4.78, 5) is 0. The summed E-state index contributed by atoms with van der Waals surface area (Å²) >= 11 is 2.28. The number of rotatable bonds is 21. The van der Waals surface area contributed by atoms with Gasteiger partial charge in [0, 0.05) is 11.0 Å². The summed E-state index contributed by atoms with van der Waals surface area (Å²) in [7, 11) is 0. The zero-order chi connectivity index (χ0) is 17.6. The van der Waals surface area contributed by atoms with Gasteiger partial charge in [-0.2, -0.15) is 0 Å². The second-order valence-electron chi connectivity index (χ2n) is 4.56. The van der Waals surface area contributed by atoms with Crippen molar-refractivity contribution in [3.8, 4) is 0 Å². The minimum Gasteiger partial charge on any atom is -0.379 e. The molecule has 0 aliphatic carbocycles. The third-order valence-electron chi connectivity index (χ3n) is 2.66. The highest BCUT2D eigenvalue weighted by atomic mass is 127. The van der Waals surface area contributed by atoms with E-state index in [0.29, 0.717) is 79.3 Å². The van der Waals surface area contributed by atoms with E-state index in [0.717, 1.165) is 17.6 Å². The van der Waals surface area contributed by atoms with Crippen LogP contribution in [0.25, 0.3) is 0 Å². The lowest BCUT2D eigenvalue weighted by atomic mass is 10.6. The molecule has 0 aliphatic heterocycles. The van der Waals surface area contributed by atoms with Crippen molar-refractivity contribution in [1.29, 1.82) is 0 Å². The Morgan fingerprint density at radius 2 is 0.667 bits per heavy atom. The zero-order valence-corrected chi connectivity index (χ0v) is 17.0. The minimum absolute atomic E-state index is 0.562. The summed E-state index contributed by atoms with van der Waals surface area (Å²) in [5.41, 5.74) is 0. The first-order valence-corrected chi connectivity index (χ1v) is 10.0. The van der Waals surface area contributed by atoms with E-state index in [-0.39, 0.29) is 0 Å². The van der Waals surface area contributed by atoms with Crippen LogP contribution in [0.3, 0.4) is 0 Å². The highest BCUT2D eigenvalue weighted by Crippen LogP contribution is 1.86. The van der Waals surface area contributed by atoms with E-state index < -0.39 is 0 Å². The van der Waals surface area contributed by atoms with Crippen molar-refractivity contribution in [3.05, 3.63) is 0 Å². The molecule has 0 saturated carbocycles. The van der Waals surface area contributed by atoms with Gasteiger partial charge in [0.1, 0.15) is 0 Å². The van der Waals surface area contributed by atoms with Crippen LogP contribution < -0.4 is 0 Å². The standard InChI is InChI=1S/C16H33IO7/c1-2-18-5-6-20-9-10-22-13-14-24-16-15-23-12-11-21-8-7-19-4-3-17/h2-16H2,1H3. The molecule has 7 nitrogen and oxygen atoms in total. The molecule has 0 atom stereocenters. The molecule has 0 radical (unpaired) electrons. The van der Waals surface area contributed by atoms with Crippen molar-refractivity contribution in [2.45, 2.75) is 6.92 Å². The number of ether oxygens (including phenoxy) is 7. The van der Waals surface area contributed by atoms with Gasteiger partial charge in [0.05, 0.1) is 85.9 Å². The molecule has 0 fully saturated rings. The van der Waals surface area contributed by atoms with Crippen LogP contribution in [-0.2, 0) is 33.2 Å². The molecule has 146 valence electrons. The molecular formula is C16H33IO7. The summed E-state index contributed by atoms with van der Waals surface area (Å²) in [6.07, 6.45) is 0. The molecular weight excluding hydrogens is 431 g/mol. The molecule has 0 N–H and O–H groups in total. The first kappa shape index (κ1) is 24.5. The van der Waals surface area contributed by atoms with Crippen LogP contribution in [0.4, 0.5) is 0 Å². The summed E-state index contributed by atoms with van der Waals surface area (Å²) in [5, 5.41) is 0. The normalized spacial score (nSPS) is 11.2. The van der Waals surface area contributed by atoms with E-state index in [1.165, 1.54) is 0 Å². The molecule has 0 saturated heterocycles. The average Bonchev–Trinajstić information content (AvgIpc) is 2.60. The fraction of sp³-hybridized carbons (Fsp3) is 1.00. The fourth-order valence-electron chi connectivity index (χ4n) is 1.52. The zero-order valence-electron chi connectivity index (χ0n) is 14.8. The Labute approximate surface area is 159 Å². The quantitative estimate of drug-likeness (QED) is 0.145. The van der Waals surface area contributed by atoms with Gasteiger partial charge >= 0.3 is 0 Å². The SMILES string of the molecule is CCOCCOCCOCCOCCOCCOCCOCCI. The molecule has 0 aromatic carbocycles. The smallest absolute Gasteiger partial charge is 0.0701 e. The summed E-state index contributed by atoms with van der Waals surface area (Å²) in [6, 6.07) is 0. The number of alkyl halides is 1. The molecule has 0 spiro atoms. The molecule has 24 heavy (non-hydrogen) atoms. The lowest BCUT2D eigenvalue weighted by Gasteiger charge is -2.08. The molecule has 0 rings (SSSR count). The number of hydrogen-bond acceptors (Lipinski definition) is 7.